The van der Waals surface area contributed by atoms with Gasteiger partial charge < -0.3 is 24.6 Å². The molecule has 1 aliphatic rings. The second-order valence-electron chi connectivity index (χ2n) is 9.41. The number of rotatable bonds is 9. The smallest absolute Gasteiger partial charge is 0.353 e. The van der Waals surface area contributed by atoms with Crippen LogP contribution in [-0.2, 0) is 16.8 Å². The first-order chi connectivity index (χ1) is 20.2. The van der Waals surface area contributed by atoms with E-state index in [1.807, 2.05) is 0 Å². The number of carbonyl (C=O) groups excluding carboxylic acids is 1. The highest BCUT2D eigenvalue weighted by Gasteiger charge is 2.47. The van der Waals surface area contributed by atoms with Crippen LogP contribution in [0.4, 0.5) is 4.39 Å². The summed E-state index contributed by atoms with van der Waals surface area (Å²) in [7, 11) is 0. The van der Waals surface area contributed by atoms with Gasteiger partial charge in [-0.05, 0) is 66.6 Å². The normalized spacial score (nSPS) is 15.7. The fraction of sp³-hybridized carbons (Fsp3) is 0.161. The van der Waals surface area contributed by atoms with Crippen LogP contribution in [0.3, 0.4) is 0 Å². The molecule has 0 aliphatic carbocycles. The number of benzene rings is 4. The van der Waals surface area contributed by atoms with Crippen LogP contribution in [0.25, 0.3) is 0 Å². The lowest BCUT2D eigenvalue weighted by atomic mass is 9.87. The minimum absolute atomic E-state index is 0.0642. The molecule has 4 aromatic carbocycles. The fourth-order valence-corrected chi connectivity index (χ4v) is 5.08. The van der Waals surface area contributed by atoms with Gasteiger partial charge in [-0.1, -0.05) is 53.0 Å². The minimum Gasteiger partial charge on any atom is -0.493 e. The highest BCUT2D eigenvalue weighted by Crippen LogP contribution is 2.42. The number of fused-ring (bicyclic) bond motifs is 1. The number of hydrogen-bond donors (Lipinski definition) is 2. The lowest BCUT2D eigenvalue weighted by molar-refractivity contribution is -0.159. The summed E-state index contributed by atoms with van der Waals surface area (Å²) in [5, 5.41) is 13.7. The maximum atomic E-state index is 14.0. The van der Waals surface area contributed by atoms with Crippen molar-refractivity contribution in [2.24, 2.45) is 0 Å². The van der Waals surface area contributed by atoms with Crippen LogP contribution in [0.2, 0.25) is 15.1 Å². The Morgan fingerprint density at radius 1 is 0.929 bits per heavy atom. The molecule has 0 radical (unpaired) electrons. The molecule has 1 unspecified atom stereocenters. The van der Waals surface area contributed by atoms with Gasteiger partial charge >= 0.3 is 5.97 Å². The zero-order chi connectivity index (χ0) is 29.9. The average Bonchev–Trinajstić information content (AvgIpc) is 2.97. The molecule has 1 atom stereocenters. The number of para-hydroxylation sites is 1. The van der Waals surface area contributed by atoms with Crippen molar-refractivity contribution >= 4 is 46.7 Å². The molecule has 1 heterocycles. The van der Waals surface area contributed by atoms with Crippen molar-refractivity contribution in [3.05, 3.63) is 116 Å². The predicted molar refractivity (Wildman–Crippen MR) is 157 cm³/mol. The summed E-state index contributed by atoms with van der Waals surface area (Å²) in [4.78, 5) is 25.3. The van der Waals surface area contributed by atoms with E-state index in [1.54, 1.807) is 42.5 Å². The average molecular weight is 631 g/mol. The number of carbonyl (C=O) groups is 2. The Morgan fingerprint density at radius 3 is 2.48 bits per heavy atom. The van der Waals surface area contributed by atoms with Crippen LogP contribution >= 0.6 is 34.8 Å². The Labute approximate surface area is 255 Å². The van der Waals surface area contributed by atoms with Gasteiger partial charge in [-0.3, -0.25) is 4.79 Å². The Bertz CT molecular complexity index is 1670. The fourth-order valence-electron chi connectivity index (χ4n) is 4.57. The van der Waals surface area contributed by atoms with Gasteiger partial charge in [0.15, 0.2) is 0 Å². The molecule has 4 aromatic rings. The predicted octanol–water partition coefficient (Wildman–Crippen LogP) is 7.69. The zero-order valence-electron chi connectivity index (χ0n) is 21.8. The maximum Gasteiger partial charge on any atom is 0.353 e. The molecule has 7 nitrogen and oxygen atoms in total. The van der Waals surface area contributed by atoms with E-state index in [1.165, 1.54) is 36.4 Å². The molecule has 1 amide bonds. The standard InChI is InChI=1S/C31H23Cl3FNO6/c32-23-8-7-21(17-24(23)33)41-26-10-6-20(35)15-18(26)11-13-36-29(37)19-5-9-28(25(34)16-19)42-31(30(38)39)12-14-40-27-4-2-1-3-22(27)31/h1-10,15-17H,11-14H2,(H,36,37)(H,38,39). The molecule has 0 saturated heterocycles. The van der Waals surface area contributed by atoms with Crippen LogP contribution < -0.4 is 19.5 Å². The second-order valence-corrected chi connectivity index (χ2v) is 10.6. The van der Waals surface area contributed by atoms with Gasteiger partial charge in [0.1, 0.15) is 28.8 Å². The van der Waals surface area contributed by atoms with Gasteiger partial charge in [0.25, 0.3) is 5.91 Å². The summed E-state index contributed by atoms with van der Waals surface area (Å²) in [6.45, 7) is 0.307. The largest absolute Gasteiger partial charge is 0.493 e. The number of nitrogens with one attached hydrogen (secondary N) is 1. The van der Waals surface area contributed by atoms with E-state index in [2.05, 4.69) is 5.32 Å². The van der Waals surface area contributed by atoms with E-state index in [4.69, 9.17) is 49.0 Å². The molecular weight excluding hydrogens is 608 g/mol. The quantitative estimate of drug-likeness (QED) is 0.197. The molecule has 2 N–H and O–H groups in total. The van der Waals surface area contributed by atoms with Gasteiger partial charge in [0.2, 0.25) is 5.60 Å². The van der Waals surface area contributed by atoms with Gasteiger partial charge in [-0.25, -0.2) is 9.18 Å². The lowest BCUT2D eigenvalue weighted by Gasteiger charge is -2.35. The molecule has 0 bridgehead atoms. The summed E-state index contributed by atoms with van der Waals surface area (Å²) >= 11 is 18.5. The highest BCUT2D eigenvalue weighted by molar-refractivity contribution is 6.42. The third-order valence-corrected chi connectivity index (χ3v) is 7.71. The molecule has 0 aromatic heterocycles. The number of amides is 1. The van der Waals surface area contributed by atoms with E-state index in [0.29, 0.717) is 38.4 Å². The van der Waals surface area contributed by atoms with Crippen LogP contribution in [0.15, 0.2) is 78.9 Å². The van der Waals surface area contributed by atoms with Gasteiger partial charge in [0.05, 0.1) is 21.7 Å². The lowest BCUT2D eigenvalue weighted by Crippen LogP contribution is -2.45. The Hall–Kier alpha value is -3.98. The number of halogens is 4. The molecule has 1 aliphatic heterocycles. The minimum atomic E-state index is -1.70. The number of carboxylic acids is 1. The molecule has 216 valence electrons. The van der Waals surface area contributed by atoms with Crippen LogP contribution in [-0.4, -0.2) is 30.1 Å². The van der Waals surface area contributed by atoms with Crippen molar-refractivity contribution in [3.8, 4) is 23.0 Å². The van der Waals surface area contributed by atoms with Crippen molar-refractivity contribution in [2.75, 3.05) is 13.2 Å². The van der Waals surface area contributed by atoms with Gasteiger partial charge in [-0.2, -0.15) is 0 Å². The van der Waals surface area contributed by atoms with Crippen LogP contribution in [0.1, 0.15) is 27.9 Å². The van der Waals surface area contributed by atoms with Crippen LogP contribution in [0, 0.1) is 5.82 Å². The number of carboxylic acid groups (broad SMARTS) is 1. The van der Waals surface area contributed by atoms with E-state index in [0.717, 1.165) is 0 Å². The van der Waals surface area contributed by atoms with Crippen molar-refractivity contribution in [1.82, 2.24) is 5.32 Å². The van der Waals surface area contributed by atoms with Crippen molar-refractivity contribution in [3.63, 3.8) is 0 Å². The maximum absolute atomic E-state index is 14.0. The first-order valence-corrected chi connectivity index (χ1v) is 13.9. The second kappa shape index (κ2) is 12.5. The zero-order valence-corrected chi connectivity index (χ0v) is 24.1. The third kappa shape index (κ3) is 6.26. The number of hydrogen-bond acceptors (Lipinski definition) is 5. The van der Waals surface area contributed by atoms with Crippen LogP contribution in [0.5, 0.6) is 23.0 Å². The van der Waals surface area contributed by atoms with Gasteiger partial charge in [0, 0.05) is 30.2 Å². The summed E-state index contributed by atoms with van der Waals surface area (Å²) in [5.41, 5.74) is -0.569. The monoisotopic (exact) mass is 629 g/mol. The van der Waals surface area contributed by atoms with E-state index in [9.17, 15) is 19.1 Å². The first-order valence-electron chi connectivity index (χ1n) is 12.8. The van der Waals surface area contributed by atoms with Crippen molar-refractivity contribution < 1.29 is 33.3 Å². The molecular formula is C31H23Cl3FNO6. The first kappa shape index (κ1) is 29.5. The van der Waals surface area contributed by atoms with E-state index < -0.39 is 23.3 Å². The molecule has 0 fully saturated rings. The Kier molecular flexibility index (Phi) is 8.77. The SMILES string of the molecule is O=C(NCCc1cc(F)ccc1Oc1ccc(Cl)c(Cl)c1)c1ccc(OC2(C(=O)O)CCOc3ccccc32)c(Cl)c1. The number of ether oxygens (including phenoxy) is 3. The van der Waals surface area contributed by atoms with Gasteiger partial charge in [-0.15, -0.1) is 0 Å². The van der Waals surface area contributed by atoms with E-state index in [-0.39, 0.29) is 42.3 Å². The summed E-state index contributed by atoms with van der Waals surface area (Å²) in [6, 6.07) is 20.0. The Balaban J connectivity index is 1.26. The highest BCUT2D eigenvalue weighted by atomic mass is 35.5. The van der Waals surface area contributed by atoms with E-state index >= 15 is 0 Å². The topological polar surface area (TPSA) is 94.1 Å². The van der Waals surface area contributed by atoms with Crippen molar-refractivity contribution in [1.29, 1.82) is 0 Å². The summed E-state index contributed by atoms with van der Waals surface area (Å²) < 4.78 is 31.5. The molecule has 0 saturated carbocycles. The molecule has 5 rings (SSSR count). The molecule has 0 spiro atoms. The molecule has 11 heteroatoms. The molecule has 42 heavy (non-hydrogen) atoms. The van der Waals surface area contributed by atoms with Crippen molar-refractivity contribution in [2.45, 2.75) is 18.4 Å². The summed E-state index contributed by atoms with van der Waals surface area (Å²) in [5.74, 6) is -0.723. The third-order valence-electron chi connectivity index (χ3n) is 6.68. The number of aliphatic carboxylic acids is 1. The Morgan fingerprint density at radius 2 is 1.71 bits per heavy atom. The summed E-state index contributed by atoms with van der Waals surface area (Å²) in [6.07, 6.45) is 0.326.